The van der Waals surface area contributed by atoms with Crippen LogP contribution in [0, 0.1) is 19.8 Å². The van der Waals surface area contributed by atoms with E-state index in [0.29, 0.717) is 17.3 Å². The molecule has 3 aromatic heterocycles. The van der Waals surface area contributed by atoms with Crippen molar-refractivity contribution in [2.75, 3.05) is 0 Å². The third-order valence-corrected chi connectivity index (χ3v) is 7.19. The highest BCUT2D eigenvalue weighted by Gasteiger charge is 2.21. The van der Waals surface area contributed by atoms with Gasteiger partial charge < -0.3 is 14.6 Å². The van der Waals surface area contributed by atoms with Crippen LogP contribution in [0.5, 0.6) is 5.75 Å². The Hall–Kier alpha value is -3.45. The van der Waals surface area contributed by atoms with E-state index in [-0.39, 0.29) is 18.4 Å². The number of hydrogen-bond acceptors (Lipinski definition) is 6. The summed E-state index contributed by atoms with van der Waals surface area (Å²) < 4.78 is 11.5. The van der Waals surface area contributed by atoms with Crippen LogP contribution in [0.2, 0.25) is 5.02 Å². The first-order chi connectivity index (χ1) is 18.5. The minimum absolute atomic E-state index is 0.0962. The molecule has 200 valence electrons. The number of nitrogens with zero attached hydrogens (tertiary/aromatic N) is 3. The minimum Gasteiger partial charge on any atom is -0.487 e. The summed E-state index contributed by atoms with van der Waals surface area (Å²) in [7, 11) is 0. The van der Waals surface area contributed by atoms with Crippen LogP contribution < -0.4 is 10.1 Å². The monoisotopic (exact) mass is 534 g/mol. The van der Waals surface area contributed by atoms with Gasteiger partial charge in [-0.3, -0.25) is 9.78 Å². The number of carbonyl (C=O) groups is 1. The first kappa shape index (κ1) is 27.6. The van der Waals surface area contributed by atoms with Gasteiger partial charge in [-0.2, -0.15) is 0 Å². The lowest BCUT2D eigenvalue weighted by Gasteiger charge is -2.21. The molecule has 0 saturated heterocycles. The highest BCUT2D eigenvalue weighted by atomic mass is 35.5. The van der Waals surface area contributed by atoms with Crippen molar-refractivity contribution in [3.8, 4) is 16.9 Å². The second-order valence-electron chi connectivity index (χ2n) is 9.38. The zero-order chi connectivity index (χ0) is 27.1. The van der Waals surface area contributed by atoms with Crippen LogP contribution in [0.4, 0.5) is 0 Å². The molecular formula is C30H35ClN4O3. The first-order valence-electron chi connectivity index (χ1n) is 13.3. The average Bonchev–Trinajstić information content (AvgIpc) is 3.38. The molecule has 38 heavy (non-hydrogen) atoms. The summed E-state index contributed by atoms with van der Waals surface area (Å²) in [5.74, 6) is 0.849. The third-order valence-electron chi connectivity index (χ3n) is 6.87. The predicted octanol–water partition coefficient (Wildman–Crippen LogP) is 7.36. The molecule has 0 spiro atoms. The molecule has 0 aliphatic heterocycles. The second kappa shape index (κ2) is 12.9. The Balaban J connectivity index is 0.00000164. The smallest absolute Gasteiger partial charge is 0.223 e. The van der Waals surface area contributed by atoms with Crippen LogP contribution >= 0.6 is 11.6 Å². The molecule has 8 heteroatoms. The second-order valence-corrected chi connectivity index (χ2v) is 9.78. The minimum atomic E-state index is 0.0962. The molecule has 1 aliphatic carbocycles. The van der Waals surface area contributed by atoms with E-state index in [0.717, 1.165) is 70.2 Å². The number of aryl methyl sites for hydroxylation is 2. The van der Waals surface area contributed by atoms with E-state index in [4.69, 9.17) is 25.8 Å². The fourth-order valence-corrected chi connectivity index (χ4v) is 5.13. The maximum atomic E-state index is 12.7. The molecule has 3 heterocycles. The first-order valence-corrected chi connectivity index (χ1v) is 13.7. The molecule has 5 rings (SSSR count). The van der Waals surface area contributed by atoms with Gasteiger partial charge in [0.05, 0.1) is 10.7 Å². The summed E-state index contributed by atoms with van der Waals surface area (Å²) in [6.07, 6.45) is 10.4. The largest absolute Gasteiger partial charge is 0.487 e. The molecule has 1 saturated carbocycles. The van der Waals surface area contributed by atoms with Gasteiger partial charge in [0, 0.05) is 47.1 Å². The molecule has 1 aromatic carbocycles. The fraction of sp³-hybridized carbons (Fsp3) is 0.400. The van der Waals surface area contributed by atoms with Gasteiger partial charge >= 0.3 is 0 Å². The maximum Gasteiger partial charge on any atom is 0.223 e. The predicted molar refractivity (Wildman–Crippen MR) is 150 cm³/mol. The highest BCUT2D eigenvalue weighted by Crippen LogP contribution is 2.35. The van der Waals surface area contributed by atoms with Crippen LogP contribution in [-0.4, -0.2) is 21.0 Å². The molecule has 1 amide bonds. The maximum absolute atomic E-state index is 12.7. The van der Waals surface area contributed by atoms with Gasteiger partial charge in [0.15, 0.2) is 0 Å². The molecule has 0 unspecified atom stereocenters. The van der Waals surface area contributed by atoms with E-state index in [1.54, 1.807) is 18.7 Å². The van der Waals surface area contributed by atoms with Gasteiger partial charge in [0.1, 0.15) is 24.1 Å². The zero-order valence-electron chi connectivity index (χ0n) is 22.5. The number of nitrogens with one attached hydrogen (secondary N) is 1. The Bertz CT molecular complexity index is 1400. The lowest BCUT2D eigenvalue weighted by molar-refractivity contribution is -0.126. The Kier molecular flexibility index (Phi) is 9.34. The van der Waals surface area contributed by atoms with Crippen LogP contribution in [0.3, 0.4) is 0 Å². The van der Waals surface area contributed by atoms with Crippen LogP contribution in [0.1, 0.15) is 68.5 Å². The summed E-state index contributed by atoms with van der Waals surface area (Å²) in [4.78, 5) is 21.7. The Morgan fingerprint density at radius 1 is 1.13 bits per heavy atom. The molecule has 0 bridgehead atoms. The number of para-hydroxylation sites is 1. The van der Waals surface area contributed by atoms with E-state index in [2.05, 4.69) is 15.5 Å². The van der Waals surface area contributed by atoms with Gasteiger partial charge in [-0.25, -0.2) is 4.98 Å². The Labute approximate surface area is 229 Å². The van der Waals surface area contributed by atoms with Crippen LogP contribution in [0.15, 0.2) is 47.4 Å². The van der Waals surface area contributed by atoms with Gasteiger partial charge in [-0.05, 0) is 49.9 Å². The van der Waals surface area contributed by atoms with E-state index in [1.807, 2.05) is 52.0 Å². The summed E-state index contributed by atoms with van der Waals surface area (Å²) in [6.45, 7) is 8.47. The standard InChI is InChI=1S/C28H29ClN4O3.C2H6/c1-17-11-22(23-16-36-33-18(23)2)21-9-6-10-26(27(21)32-17)35-15-24-20(12-30-14-25(24)29)13-31-28(34)19-7-4-3-5-8-19;1-2/h6,9-12,14,16,19H,3-5,7-8,13,15H2,1-2H3,(H,31,34);1-2H3. The number of benzene rings is 1. The van der Waals surface area contributed by atoms with E-state index in [9.17, 15) is 4.79 Å². The number of halogens is 1. The quantitative estimate of drug-likeness (QED) is 0.266. The number of pyridine rings is 2. The summed E-state index contributed by atoms with van der Waals surface area (Å²) in [5.41, 5.74) is 6.00. The summed E-state index contributed by atoms with van der Waals surface area (Å²) in [5, 5.41) is 8.56. The number of ether oxygens (including phenoxy) is 1. The number of hydrogen-bond donors (Lipinski definition) is 1. The summed E-state index contributed by atoms with van der Waals surface area (Å²) >= 11 is 6.53. The van der Waals surface area contributed by atoms with Crippen molar-refractivity contribution in [3.05, 3.63) is 70.5 Å². The van der Waals surface area contributed by atoms with Crippen LogP contribution in [-0.2, 0) is 17.9 Å². The number of carbonyl (C=O) groups excluding carboxylic acids is 1. The Morgan fingerprint density at radius 3 is 2.66 bits per heavy atom. The van der Waals surface area contributed by atoms with Crippen molar-refractivity contribution in [1.82, 2.24) is 20.4 Å². The van der Waals surface area contributed by atoms with Crippen molar-refractivity contribution in [3.63, 3.8) is 0 Å². The number of aromatic nitrogens is 3. The lowest BCUT2D eigenvalue weighted by atomic mass is 9.88. The van der Waals surface area contributed by atoms with Gasteiger partial charge in [-0.1, -0.05) is 62.0 Å². The Morgan fingerprint density at radius 2 is 1.92 bits per heavy atom. The zero-order valence-corrected chi connectivity index (χ0v) is 23.3. The van der Waals surface area contributed by atoms with Crippen molar-refractivity contribution in [2.45, 2.75) is 73.0 Å². The number of fused-ring (bicyclic) bond motifs is 1. The third kappa shape index (κ3) is 6.16. The molecular weight excluding hydrogens is 500 g/mol. The van der Waals surface area contributed by atoms with Crippen molar-refractivity contribution in [1.29, 1.82) is 0 Å². The van der Waals surface area contributed by atoms with Crippen molar-refractivity contribution >= 4 is 28.4 Å². The van der Waals surface area contributed by atoms with Gasteiger partial charge in [0.25, 0.3) is 0 Å². The van der Waals surface area contributed by atoms with Gasteiger partial charge in [0.2, 0.25) is 5.91 Å². The lowest BCUT2D eigenvalue weighted by Crippen LogP contribution is -2.31. The fourth-order valence-electron chi connectivity index (χ4n) is 4.90. The van der Waals surface area contributed by atoms with Crippen molar-refractivity contribution in [2.24, 2.45) is 5.92 Å². The molecule has 0 atom stereocenters. The normalized spacial score (nSPS) is 13.6. The highest BCUT2D eigenvalue weighted by molar-refractivity contribution is 6.31. The molecule has 7 nitrogen and oxygen atoms in total. The molecule has 4 aromatic rings. The number of rotatable bonds is 7. The molecule has 1 N–H and O–H groups in total. The molecule has 1 fully saturated rings. The van der Waals surface area contributed by atoms with E-state index in [1.165, 1.54) is 6.42 Å². The molecule has 1 aliphatic rings. The molecule has 0 radical (unpaired) electrons. The van der Waals surface area contributed by atoms with E-state index >= 15 is 0 Å². The summed E-state index contributed by atoms with van der Waals surface area (Å²) in [6, 6.07) is 7.89. The van der Waals surface area contributed by atoms with Crippen LogP contribution in [0.25, 0.3) is 22.0 Å². The topological polar surface area (TPSA) is 90.1 Å². The SMILES string of the molecule is CC.Cc1cc(-c2conc2C)c2cccc(OCc3c(Cl)cncc3CNC(=O)C3CCCCC3)c2n1. The average molecular weight is 535 g/mol. The van der Waals surface area contributed by atoms with Crippen molar-refractivity contribution < 1.29 is 14.1 Å². The number of amides is 1. The van der Waals surface area contributed by atoms with E-state index < -0.39 is 0 Å². The van der Waals surface area contributed by atoms with Gasteiger partial charge in [-0.15, -0.1) is 0 Å².